The van der Waals surface area contributed by atoms with E-state index in [9.17, 15) is 5.26 Å². The van der Waals surface area contributed by atoms with E-state index < -0.39 is 0 Å². The van der Waals surface area contributed by atoms with Gasteiger partial charge < -0.3 is 29.0 Å². The molecule has 0 spiro atoms. The Bertz CT molecular complexity index is 1440. The summed E-state index contributed by atoms with van der Waals surface area (Å²) in [5, 5.41) is 16.2. The van der Waals surface area contributed by atoms with E-state index in [-0.39, 0.29) is 6.10 Å². The van der Waals surface area contributed by atoms with Crippen LogP contribution in [-0.2, 0) is 0 Å². The Kier molecular flexibility index (Phi) is 6.68. The van der Waals surface area contributed by atoms with Gasteiger partial charge in [-0.25, -0.2) is 9.50 Å². The number of aromatic amines is 1. The Labute approximate surface area is 214 Å². The van der Waals surface area contributed by atoms with Crippen LogP contribution in [0.15, 0.2) is 36.5 Å². The van der Waals surface area contributed by atoms with Crippen molar-refractivity contribution in [1.82, 2.24) is 14.6 Å². The predicted octanol–water partition coefficient (Wildman–Crippen LogP) is 5.30. The fraction of sp³-hybridized carbons (Fsp3) is 0.333. The zero-order valence-corrected chi connectivity index (χ0v) is 21.3. The van der Waals surface area contributed by atoms with Gasteiger partial charge in [0.15, 0.2) is 34.5 Å². The highest BCUT2D eigenvalue weighted by molar-refractivity contribution is 5.83. The molecular formula is C27H29N5O5. The minimum atomic E-state index is 0.183. The average Bonchev–Trinajstić information content (AvgIpc) is 3.66. The molecule has 1 aliphatic carbocycles. The molecule has 5 rings (SSSR count). The summed E-state index contributed by atoms with van der Waals surface area (Å²) in [4.78, 5) is 4.79. The summed E-state index contributed by atoms with van der Waals surface area (Å²) in [6.45, 7) is 0. The van der Waals surface area contributed by atoms with Gasteiger partial charge in [0, 0.05) is 23.5 Å². The van der Waals surface area contributed by atoms with Crippen molar-refractivity contribution < 1.29 is 23.7 Å². The van der Waals surface area contributed by atoms with E-state index in [4.69, 9.17) is 28.7 Å². The van der Waals surface area contributed by atoms with Crippen molar-refractivity contribution in [1.29, 1.82) is 5.26 Å². The number of anilines is 2. The zero-order chi connectivity index (χ0) is 25.9. The normalized spacial score (nSPS) is 13.4. The molecule has 4 aromatic rings. The van der Waals surface area contributed by atoms with Gasteiger partial charge in [-0.1, -0.05) is 0 Å². The number of rotatable bonds is 9. The van der Waals surface area contributed by atoms with Crippen molar-refractivity contribution >= 4 is 17.2 Å². The molecule has 2 N–H and O–H groups in total. The van der Waals surface area contributed by atoms with Crippen molar-refractivity contribution in [3.8, 4) is 46.1 Å². The summed E-state index contributed by atoms with van der Waals surface area (Å²) in [5.74, 6) is 3.46. The standard InChI is InChI=1S/C27H29N5O5/c1-33-20-10-9-18(13-21(20)37-19-7-5-6-8-19)30-27-24(31-26-17(14-28)15-29-32(26)27)16-11-22(34-2)25(36-4)23(12-16)35-3/h9-13,15,19,29-30H,5-8H2,1-4H3. The Morgan fingerprint density at radius 2 is 1.65 bits per heavy atom. The molecule has 0 atom stereocenters. The van der Waals surface area contributed by atoms with Gasteiger partial charge in [0.25, 0.3) is 0 Å². The van der Waals surface area contributed by atoms with Crippen molar-refractivity contribution in [2.75, 3.05) is 33.8 Å². The number of imidazole rings is 1. The number of nitriles is 1. The second-order valence-corrected chi connectivity index (χ2v) is 8.70. The molecule has 0 radical (unpaired) electrons. The molecule has 0 amide bonds. The first-order valence-corrected chi connectivity index (χ1v) is 12.0. The van der Waals surface area contributed by atoms with Gasteiger partial charge in [-0.2, -0.15) is 5.26 Å². The van der Waals surface area contributed by atoms with Crippen molar-refractivity contribution in [2.45, 2.75) is 31.8 Å². The maximum Gasteiger partial charge on any atom is 0.203 e. The van der Waals surface area contributed by atoms with Gasteiger partial charge in [-0.3, -0.25) is 5.10 Å². The highest BCUT2D eigenvalue weighted by atomic mass is 16.5. The van der Waals surface area contributed by atoms with Crippen LogP contribution in [0.3, 0.4) is 0 Å². The largest absolute Gasteiger partial charge is 0.493 e. The van der Waals surface area contributed by atoms with E-state index in [1.54, 1.807) is 39.2 Å². The summed E-state index contributed by atoms with van der Waals surface area (Å²) in [7, 11) is 6.32. The minimum absolute atomic E-state index is 0.183. The van der Waals surface area contributed by atoms with E-state index in [1.165, 1.54) is 12.8 Å². The van der Waals surface area contributed by atoms with Gasteiger partial charge in [-0.15, -0.1) is 0 Å². The number of nitrogens with zero attached hydrogens (tertiary/aromatic N) is 3. The number of benzene rings is 2. The molecule has 0 aliphatic heterocycles. The van der Waals surface area contributed by atoms with Crippen LogP contribution in [0.25, 0.3) is 16.9 Å². The summed E-state index contributed by atoms with van der Waals surface area (Å²) in [6.07, 6.45) is 6.22. The summed E-state index contributed by atoms with van der Waals surface area (Å²) in [5.41, 5.74) is 2.99. The summed E-state index contributed by atoms with van der Waals surface area (Å²) < 4.78 is 30.2. The lowest BCUT2D eigenvalue weighted by atomic mass is 10.1. The molecule has 0 saturated heterocycles. The molecule has 37 heavy (non-hydrogen) atoms. The minimum Gasteiger partial charge on any atom is -0.493 e. The quantitative estimate of drug-likeness (QED) is 0.316. The Morgan fingerprint density at radius 3 is 2.27 bits per heavy atom. The molecule has 0 bridgehead atoms. The second kappa shape index (κ2) is 10.2. The molecule has 0 unspecified atom stereocenters. The van der Waals surface area contributed by atoms with Crippen LogP contribution >= 0.6 is 0 Å². The molecule has 1 aliphatic rings. The number of fused-ring (bicyclic) bond motifs is 1. The lowest BCUT2D eigenvalue weighted by Gasteiger charge is -2.18. The lowest BCUT2D eigenvalue weighted by Crippen LogP contribution is -2.11. The second-order valence-electron chi connectivity index (χ2n) is 8.70. The Balaban J connectivity index is 1.61. The van der Waals surface area contributed by atoms with Crippen LogP contribution in [-0.4, -0.2) is 49.1 Å². The number of methoxy groups -OCH3 is 4. The highest BCUT2D eigenvalue weighted by Crippen LogP contribution is 2.43. The van der Waals surface area contributed by atoms with E-state index in [0.29, 0.717) is 57.0 Å². The average molecular weight is 504 g/mol. The number of hydrogen-bond donors (Lipinski definition) is 2. The maximum atomic E-state index is 9.62. The van der Waals surface area contributed by atoms with Crippen LogP contribution < -0.4 is 29.0 Å². The van der Waals surface area contributed by atoms with Crippen molar-refractivity contribution in [2.24, 2.45) is 0 Å². The Morgan fingerprint density at radius 1 is 0.946 bits per heavy atom. The molecule has 2 heterocycles. The number of ether oxygens (including phenoxy) is 5. The number of nitrogens with one attached hydrogen (secondary N) is 2. The molecule has 2 aromatic carbocycles. The molecule has 2 aromatic heterocycles. The van der Waals surface area contributed by atoms with Crippen LogP contribution in [0.5, 0.6) is 28.7 Å². The fourth-order valence-corrected chi connectivity index (χ4v) is 4.71. The number of hydrogen-bond acceptors (Lipinski definition) is 8. The summed E-state index contributed by atoms with van der Waals surface area (Å²) >= 11 is 0. The summed E-state index contributed by atoms with van der Waals surface area (Å²) in [6, 6.07) is 11.5. The number of H-pyrrole nitrogens is 1. The third kappa shape index (κ3) is 4.44. The van der Waals surface area contributed by atoms with E-state index in [1.807, 2.05) is 30.3 Å². The molecule has 1 saturated carbocycles. The SMILES string of the molecule is COc1ccc(Nc2c(-c3cc(OC)c(OC)c(OC)c3)nc3c(C#N)c[nH]n23)cc1OC1CCCC1. The number of aromatic nitrogens is 3. The van der Waals surface area contributed by atoms with Gasteiger partial charge >= 0.3 is 0 Å². The first-order valence-electron chi connectivity index (χ1n) is 12.0. The predicted molar refractivity (Wildman–Crippen MR) is 139 cm³/mol. The van der Waals surface area contributed by atoms with E-state index in [0.717, 1.165) is 18.5 Å². The monoisotopic (exact) mass is 503 g/mol. The fourth-order valence-electron chi connectivity index (χ4n) is 4.71. The van der Waals surface area contributed by atoms with Gasteiger partial charge in [0.1, 0.15) is 17.3 Å². The molecule has 1 fully saturated rings. The molecule has 10 heteroatoms. The van der Waals surface area contributed by atoms with Gasteiger partial charge in [0.2, 0.25) is 5.75 Å². The lowest BCUT2D eigenvalue weighted by molar-refractivity contribution is 0.201. The Hall–Kier alpha value is -4.52. The van der Waals surface area contributed by atoms with Gasteiger partial charge in [-0.05, 0) is 49.9 Å². The maximum absolute atomic E-state index is 9.62. The first kappa shape index (κ1) is 24.2. The topological polar surface area (TPSA) is 115 Å². The third-order valence-corrected chi connectivity index (χ3v) is 6.54. The van der Waals surface area contributed by atoms with Gasteiger partial charge in [0.05, 0.1) is 34.5 Å². The van der Waals surface area contributed by atoms with Crippen LogP contribution in [0.1, 0.15) is 31.2 Å². The van der Waals surface area contributed by atoms with Crippen LogP contribution in [0.2, 0.25) is 0 Å². The van der Waals surface area contributed by atoms with E-state index >= 15 is 0 Å². The van der Waals surface area contributed by atoms with Crippen LogP contribution in [0.4, 0.5) is 11.5 Å². The van der Waals surface area contributed by atoms with Crippen molar-refractivity contribution in [3.05, 3.63) is 42.1 Å². The molecular weight excluding hydrogens is 474 g/mol. The zero-order valence-electron chi connectivity index (χ0n) is 21.3. The third-order valence-electron chi connectivity index (χ3n) is 6.54. The first-order chi connectivity index (χ1) is 18.1. The van der Waals surface area contributed by atoms with Crippen LogP contribution in [0, 0.1) is 11.3 Å². The highest BCUT2D eigenvalue weighted by Gasteiger charge is 2.23. The molecule has 10 nitrogen and oxygen atoms in total. The van der Waals surface area contributed by atoms with E-state index in [2.05, 4.69) is 16.5 Å². The smallest absolute Gasteiger partial charge is 0.203 e. The van der Waals surface area contributed by atoms with Crippen molar-refractivity contribution in [3.63, 3.8) is 0 Å². The molecule has 192 valence electrons.